The summed E-state index contributed by atoms with van der Waals surface area (Å²) in [6.07, 6.45) is 7.87. The highest BCUT2D eigenvalue weighted by Gasteiger charge is 2.21. The monoisotopic (exact) mass is 314 g/mol. The number of piperidine rings is 1. The molecule has 126 valence electrons. The van der Waals surface area contributed by atoms with E-state index in [2.05, 4.69) is 50.9 Å². The van der Waals surface area contributed by atoms with Gasteiger partial charge < -0.3 is 15.5 Å². The summed E-state index contributed by atoms with van der Waals surface area (Å²) in [6, 6.07) is 11.3. The number of hydrogen-bond acceptors (Lipinski definition) is 2. The molecule has 4 nitrogen and oxygen atoms in total. The van der Waals surface area contributed by atoms with Gasteiger partial charge in [-0.25, -0.2) is 0 Å². The van der Waals surface area contributed by atoms with Gasteiger partial charge in [0.25, 0.3) is 0 Å². The van der Waals surface area contributed by atoms with Gasteiger partial charge in [-0.2, -0.15) is 0 Å². The predicted octanol–water partition coefficient (Wildman–Crippen LogP) is 3.01. The average molecular weight is 314 g/mol. The molecule has 0 spiro atoms. The first kappa shape index (κ1) is 16.2. The number of para-hydroxylation sites is 1. The minimum Gasteiger partial charge on any atom is -0.371 e. The van der Waals surface area contributed by atoms with Gasteiger partial charge in [0.05, 0.1) is 0 Å². The SMILES string of the molecule is CN=C(NCCCC1CC1)NC1CCN(c2ccccc2)CC1. The Morgan fingerprint density at radius 3 is 2.52 bits per heavy atom. The van der Waals surface area contributed by atoms with Crippen LogP contribution in [0.2, 0.25) is 0 Å². The van der Waals surface area contributed by atoms with Crippen LogP contribution in [0.4, 0.5) is 5.69 Å². The third kappa shape index (κ3) is 5.15. The summed E-state index contributed by atoms with van der Waals surface area (Å²) in [5, 5.41) is 7.06. The van der Waals surface area contributed by atoms with Gasteiger partial charge in [-0.1, -0.05) is 31.0 Å². The maximum atomic E-state index is 4.37. The summed E-state index contributed by atoms with van der Waals surface area (Å²) in [7, 11) is 1.87. The molecule has 1 aliphatic heterocycles. The molecular weight excluding hydrogens is 284 g/mol. The Balaban J connectivity index is 1.36. The second-order valence-corrected chi connectivity index (χ2v) is 6.83. The predicted molar refractivity (Wildman–Crippen MR) is 98.1 cm³/mol. The van der Waals surface area contributed by atoms with E-state index in [4.69, 9.17) is 0 Å². The van der Waals surface area contributed by atoms with Gasteiger partial charge in [0.2, 0.25) is 0 Å². The highest BCUT2D eigenvalue weighted by molar-refractivity contribution is 5.79. The molecular formula is C19H30N4. The number of hydrogen-bond donors (Lipinski definition) is 2. The molecule has 2 fully saturated rings. The van der Waals surface area contributed by atoms with Crippen molar-refractivity contribution >= 4 is 11.6 Å². The van der Waals surface area contributed by atoms with Crippen LogP contribution in [0.5, 0.6) is 0 Å². The summed E-state index contributed by atoms with van der Waals surface area (Å²) in [5.74, 6) is 1.99. The summed E-state index contributed by atoms with van der Waals surface area (Å²) in [5.41, 5.74) is 1.34. The van der Waals surface area contributed by atoms with E-state index in [1.807, 2.05) is 7.05 Å². The highest BCUT2D eigenvalue weighted by Crippen LogP contribution is 2.33. The van der Waals surface area contributed by atoms with E-state index in [0.29, 0.717) is 6.04 Å². The normalized spacial score (nSPS) is 19.7. The quantitative estimate of drug-likeness (QED) is 0.482. The van der Waals surface area contributed by atoms with Crippen LogP contribution in [0.3, 0.4) is 0 Å². The van der Waals surface area contributed by atoms with Crippen molar-refractivity contribution in [1.29, 1.82) is 0 Å². The Labute approximate surface area is 140 Å². The smallest absolute Gasteiger partial charge is 0.191 e. The van der Waals surface area contributed by atoms with Gasteiger partial charge in [-0.05, 0) is 43.7 Å². The Morgan fingerprint density at radius 1 is 1.13 bits per heavy atom. The molecule has 1 aromatic carbocycles. The summed E-state index contributed by atoms with van der Waals surface area (Å²) >= 11 is 0. The minimum absolute atomic E-state index is 0.532. The van der Waals surface area contributed by atoms with Crippen molar-refractivity contribution in [2.45, 2.75) is 44.6 Å². The summed E-state index contributed by atoms with van der Waals surface area (Å²) in [4.78, 5) is 6.85. The minimum atomic E-state index is 0.532. The first-order valence-electron chi connectivity index (χ1n) is 9.12. The van der Waals surface area contributed by atoms with Crippen LogP contribution >= 0.6 is 0 Å². The number of aliphatic imine (C=N–C) groups is 1. The fourth-order valence-corrected chi connectivity index (χ4v) is 3.31. The van der Waals surface area contributed by atoms with Gasteiger partial charge in [0.15, 0.2) is 5.96 Å². The molecule has 0 bridgehead atoms. The lowest BCUT2D eigenvalue weighted by molar-refractivity contribution is 0.461. The average Bonchev–Trinajstić information content (AvgIpc) is 3.43. The number of nitrogens with zero attached hydrogens (tertiary/aromatic N) is 2. The molecule has 0 atom stereocenters. The van der Waals surface area contributed by atoms with Gasteiger partial charge in [0, 0.05) is 38.4 Å². The van der Waals surface area contributed by atoms with Crippen LogP contribution < -0.4 is 15.5 Å². The van der Waals surface area contributed by atoms with Gasteiger partial charge in [-0.15, -0.1) is 0 Å². The van der Waals surface area contributed by atoms with Gasteiger partial charge >= 0.3 is 0 Å². The Bertz CT molecular complexity index is 487. The van der Waals surface area contributed by atoms with E-state index in [1.165, 1.54) is 31.4 Å². The molecule has 4 heteroatoms. The zero-order valence-electron chi connectivity index (χ0n) is 14.3. The van der Waals surface area contributed by atoms with Crippen molar-refractivity contribution in [2.75, 3.05) is 31.6 Å². The maximum absolute atomic E-state index is 4.37. The van der Waals surface area contributed by atoms with Gasteiger partial charge in [0.1, 0.15) is 0 Å². The number of anilines is 1. The van der Waals surface area contributed by atoms with E-state index >= 15 is 0 Å². The molecule has 0 amide bonds. The molecule has 0 unspecified atom stereocenters. The molecule has 1 heterocycles. The molecule has 2 N–H and O–H groups in total. The first-order chi connectivity index (χ1) is 11.3. The van der Waals surface area contributed by atoms with E-state index in [-0.39, 0.29) is 0 Å². The first-order valence-corrected chi connectivity index (χ1v) is 9.12. The van der Waals surface area contributed by atoms with Crippen LogP contribution in [-0.2, 0) is 0 Å². The standard InChI is InChI=1S/C19H30N4/c1-20-19(21-13-5-6-16-9-10-16)22-17-11-14-23(15-12-17)18-7-3-2-4-8-18/h2-4,7-8,16-17H,5-6,9-15H2,1H3,(H2,20,21,22). The van der Waals surface area contributed by atoms with Crippen molar-refractivity contribution in [2.24, 2.45) is 10.9 Å². The van der Waals surface area contributed by atoms with Crippen molar-refractivity contribution in [3.63, 3.8) is 0 Å². The van der Waals surface area contributed by atoms with Crippen LogP contribution in [0.15, 0.2) is 35.3 Å². The Morgan fingerprint density at radius 2 is 1.87 bits per heavy atom. The zero-order valence-corrected chi connectivity index (χ0v) is 14.3. The lowest BCUT2D eigenvalue weighted by atomic mass is 10.0. The molecule has 1 saturated carbocycles. The molecule has 0 aromatic heterocycles. The molecule has 0 radical (unpaired) electrons. The van der Waals surface area contributed by atoms with E-state index in [9.17, 15) is 0 Å². The van der Waals surface area contributed by atoms with E-state index < -0.39 is 0 Å². The fraction of sp³-hybridized carbons (Fsp3) is 0.632. The van der Waals surface area contributed by atoms with Crippen LogP contribution in [0.25, 0.3) is 0 Å². The number of benzene rings is 1. The molecule has 2 aliphatic rings. The van der Waals surface area contributed by atoms with Crippen LogP contribution in [0.1, 0.15) is 38.5 Å². The van der Waals surface area contributed by atoms with Crippen molar-refractivity contribution in [1.82, 2.24) is 10.6 Å². The summed E-state index contributed by atoms with van der Waals surface area (Å²) in [6.45, 7) is 3.26. The third-order valence-corrected chi connectivity index (χ3v) is 4.96. The molecule has 1 aromatic rings. The third-order valence-electron chi connectivity index (χ3n) is 4.96. The summed E-state index contributed by atoms with van der Waals surface area (Å²) < 4.78 is 0. The lowest BCUT2D eigenvalue weighted by Gasteiger charge is -2.34. The largest absolute Gasteiger partial charge is 0.371 e. The van der Waals surface area contributed by atoms with Crippen LogP contribution in [0, 0.1) is 5.92 Å². The van der Waals surface area contributed by atoms with E-state index in [0.717, 1.165) is 44.4 Å². The van der Waals surface area contributed by atoms with Gasteiger partial charge in [-0.3, -0.25) is 4.99 Å². The second kappa shape index (κ2) is 8.23. The van der Waals surface area contributed by atoms with Crippen molar-refractivity contribution in [3.8, 4) is 0 Å². The van der Waals surface area contributed by atoms with Crippen molar-refractivity contribution < 1.29 is 0 Å². The Kier molecular flexibility index (Phi) is 5.78. The number of guanidine groups is 1. The molecule has 1 aliphatic carbocycles. The lowest BCUT2D eigenvalue weighted by Crippen LogP contribution is -2.48. The maximum Gasteiger partial charge on any atom is 0.191 e. The highest BCUT2D eigenvalue weighted by atomic mass is 15.2. The molecule has 3 rings (SSSR count). The fourth-order valence-electron chi connectivity index (χ4n) is 3.31. The topological polar surface area (TPSA) is 39.7 Å². The number of rotatable bonds is 6. The Hall–Kier alpha value is -1.71. The van der Waals surface area contributed by atoms with E-state index in [1.54, 1.807) is 0 Å². The molecule has 1 saturated heterocycles. The second-order valence-electron chi connectivity index (χ2n) is 6.83. The van der Waals surface area contributed by atoms with Crippen LogP contribution in [-0.4, -0.2) is 38.7 Å². The van der Waals surface area contributed by atoms with Crippen molar-refractivity contribution in [3.05, 3.63) is 30.3 Å². The number of nitrogens with one attached hydrogen (secondary N) is 2. The molecule has 23 heavy (non-hydrogen) atoms. The zero-order chi connectivity index (χ0) is 15.9.